The van der Waals surface area contributed by atoms with Crippen molar-refractivity contribution in [2.75, 3.05) is 0 Å². The topological polar surface area (TPSA) is 99.1 Å². The molecule has 0 fully saturated rings. The molecule has 2 aromatic rings. The van der Waals surface area contributed by atoms with Crippen LogP contribution in [0.2, 0.25) is 0 Å². The predicted molar refractivity (Wildman–Crippen MR) is 102 cm³/mol. The molecule has 2 rings (SSSR count). The molecule has 0 aliphatic carbocycles. The third-order valence-electron chi connectivity index (χ3n) is 4.39. The summed E-state index contributed by atoms with van der Waals surface area (Å²) in [7, 11) is 0. The van der Waals surface area contributed by atoms with E-state index in [2.05, 4.69) is 19.2 Å². The number of carbonyl (C=O) groups is 2. The van der Waals surface area contributed by atoms with Crippen molar-refractivity contribution < 1.29 is 9.59 Å². The van der Waals surface area contributed by atoms with Gasteiger partial charge in [0.25, 0.3) is 0 Å². The monoisotopic (exact) mass is 360 g/mol. The van der Waals surface area contributed by atoms with Crippen molar-refractivity contribution in [3.8, 4) is 0 Å². The number of imidazole rings is 1. The smallest absolute Gasteiger partial charge is 0.337 e. The molecule has 0 bridgehead atoms. The number of fused-ring (bicyclic) bond motifs is 1. The highest BCUT2D eigenvalue weighted by Gasteiger charge is 2.32. The van der Waals surface area contributed by atoms with Gasteiger partial charge in [-0.25, -0.2) is 14.2 Å². The fourth-order valence-corrected chi connectivity index (χ4v) is 2.91. The molecule has 7 heteroatoms. The van der Waals surface area contributed by atoms with E-state index in [-0.39, 0.29) is 0 Å². The van der Waals surface area contributed by atoms with E-state index in [4.69, 9.17) is 5.73 Å². The van der Waals surface area contributed by atoms with Crippen LogP contribution in [0.3, 0.4) is 0 Å². The first-order valence-corrected chi connectivity index (χ1v) is 8.84. The highest BCUT2D eigenvalue weighted by atomic mass is 16.2. The second-order valence-corrected chi connectivity index (χ2v) is 8.09. The molecule has 0 aliphatic heterocycles. The summed E-state index contributed by atoms with van der Waals surface area (Å²) in [6.45, 7) is 10.1. The van der Waals surface area contributed by atoms with Crippen molar-refractivity contribution in [2.45, 2.75) is 53.6 Å². The van der Waals surface area contributed by atoms with Gasteiger partial charge >= 0.3 is 11.7 Å². The Balaban J connectivity index is 2.49. The Hall–Kier alpha value is -2.57. The predicted octanol–water partition coefficient (Wildman–Crippen LogP) is 2.31. The fraction of sp³-hybridized carbons (Fsp3) is 0.526. The first-order valence-electron chi connectivity index (χ1n) is 8.84. The lowest BCUT2D eigenvalue weighted by Crippen LogP contribution is -2.54. The fourth-order valence-electron chi connectivity index (χ4n) is 2.91. The van der Waals surface area contributed by atoms with Crippen LogP contribution in [-0.2, 0) is 11.3 Å². The van der Waals surface area contributed by atoms with Crippen molar-refractivity contribution >= 4 is 23.0 Å². The lowest BCUT2D eigenvalue weighted by molar-refractivity contribution is -0.122. The Kier molecular flexibility index (Phi) is 5.59. The molecular weight excluding hydrogens is 332 g/mol. The van der Waals surface area contributed by atoms with Crippen molar-refractivity contribution in [1.82, 2.24) is 14.5 Å². The number of aromatic nitrogens is 2. The summed E-state index contributed by atoms with van der Waals surface area (Å²) < 4.78 is 2.68. The molecular formula is C19H28N4O3. The van der Waals surface area contributed by atoms with Crippen LogP contribution in [0.25, 0.3) is 11.0 Å². The van der Waals surface area contributed by atoms with Crippen LogP contribution >= 0.6 is 0 Å². The van der Waals surface area contributed by atoms with Gasteiger partial charge in [-0.05, 0) is 29.9 Å². The van der Waals surface area contributed by atoms with Crippen LogP contribution in [0.15, 0.2) is 29.1 Å². The second-order valence-electron chi connectivity index (χ2n) is 8.09. The molecule has 0 saturated carbocycles. The number of aryl methyl sites for hydroxylation is 1. The zero-order valence-corrected chi connectivity index (χ0v) is 16.1. The van der Waals surface area contributed by atoms with Crippen molar-refractivity contribution in [3.63, 3.8) is 0 Å². The molecule has 1 heterocycles. The third kappa shape index (κ3) is 3.98. The van der Waals surface area contributed by atoms with Gasteiger partial charge in [-0.15, -0.1) is 0 Å². The maximum Gasteiger partial charge on any atom is 0.337 e. The average molecular weight is 360 g/mol. The minimum absolute atomic E-state index is 0.415. The summed E-state index contributed by atoms with van der Waals surface area (Å²) >= 11 is 0. The van der Waals surface area contributed by atoms with E-state index in [0.717, 1.165) is 11.0 Å². The van der Waals surface area contributed by atoms with Gasteiger partial charge in [-0.3, -0.25) is 9.36 Å². The van der Waals surface area contributed by atoms with Gasteiger partial charge < -0.3 is 11.1 Å². The molecule has 26 heavy (non-hydrogen) atoms. The van der Waals surface area contributed by atoms with Crippen LogP contribution in [0.4, 0.5) is 4.79 Å². The molecule has 0 aliphatic rings. The maximum atomic E-state index is 12.9. The van der Waals surface area contributed by atoms with Crippen LogP contribution in [-0.4, -0.2) is 27.1 Å². The Morgan fingerprint density at radius 1 is 1.15 bits per heavy atom. The van der Waals surface area contributed by atoms with Crippen molar-refractivity contribution in [1.29, 1.82) is 0 Å². The summed E-state index contributed by atoms with van der Waals surface area (Å²) in [5.41, 5.74) is 5.66. The average Bonchev–Trinajstić information content (AvgIpc) is 2.80. The summed E-state index contributed by atoms with van der Waals surface area (Å²) in [5, 5.41) is 2.62. The largest absolute Gasteiger partial charge is 0.368 e. The lowest BCUT2D eigenvalue weighted by atomic mass is 9.86. The lowest BCUT2D eigenvalue weighted by Gasteiger charge is -2.28. The Labute approximate surface area is 153 Å². The highest BCUT2D eigenvalue weighted by molar-refractivity contribution is 5.92. The molecule has 3 N–H and O–H groups in total. The zero-order chi connectivity index (χ0) is 19.6. The van der Waals surface area contributed by atoms with Gasteiger partial charge in [-0.1, -0.05) is 46.8 Å². The molecule has 1 aromatic carbocycles. The van der Waals surface area contributed by atoms with Crippen molar-refractivity contribution in [3.05, 3.63) is 34.7 Å². The van der Waals surface area contributed by atoms with Gasteiger partial charge in [-0.2, -0.15) is 0 Å². The number of nitrogens with two attached hydrogens (primary N) is 1. The molecule has 7 nitrogen and oxygen atoms in total. The molecule has 0 spiro atoms. The molecule has 0 saturated heterocycles. The van der Waals surface area contributed by atoms with Gasteiger partial charge in [0.15, 0.2) is 0 Å². The van der Waals surface area contributed by atoms with Crippen LogP contribution in [0.1, 0.15) is 41.0 Å². The number of nitrogens with zero attached hydrogens (tertiary/aromatic N) is 2. The van der Waals surface area contributed by atoms with Crippen molar-refractivity contribution in [2.24, 2.45) is 17.1 Å². The number of amides is 2. The summed E-state index contributed by atoms with van der Waals surface area (Å²) in [6.07, 6.45) is 0.821. The van der Waals surface area contributed by atoms with Gasteiger partial charge in [0.05, 0.1) is 11.0 Å². The first-order chi connectivity index (χ1) is 12.0. The number of hydrogen-bond donors (Lipinski definition) is 2. The number of nitrogens with one attached hydrogen (secondary N) is 1. The highest BCUT2D eigenvalue weighted by Crippen LogP contribution is 2.20. The number of hydrogen-bond acceptors (Lipinski definition) is 3. The van der Waals surface area contributed by atoms with E-state index in [1.807, 2.05) is 12.1 Å². The number of benzene rings is 1. The Morgan fingerprint density at radius 2 is 1.73 bits per heavy atom. The number of para-hydroxylation sites is 2. The molecule has 0 radical (unpaired) electrons. The van der Waals surface area contributed by atoms with E-state index < -0.39 is 29.1 Å². The van der Waals surface area contributed by atoms with Gasteiger partial charge in [0.2, 0.25) is 5.91 Å². The summed E-state index contributed by atoms with van der Waals surface area (Å²) in [5.74, 6) is -0.208. The molecule has 142 valence electrons. The Bertz CT molecular complexity index is 871. The molecule has 1 atom stereocenters. The minimum atomic E-state index is -0.889. The number of primary amides is 1. The van der Waals surface area contributed by atoms with E-state index in [9.17, 15) is 14.4 Å². The van der Waals surface area contributed by atoms with Crippen LogP contribution in [0.5, 0.6) is 0 Å². The molecule has 0 unspecified atom stereocenters. The number of rotatable bonds is 5. The Morgan fingerprint density at radius 3 is 2.23 bits per heavy atom. The molecule has 2 amide bonds. The van der Waals surface area contributed by atoms with Crippen LogP contribution in [0, 0.1) is 11.3 Å². The minimum Gasteiger partial charge on any atom is -0.368 e. The van der Waals surface area contributed by atoms with Gasteiger partial charge in [0, 0.05) is 6.54 Å². The van der Waals surface area contributed by atoms with Gasteiger partial charge in [0.1, 0.15) is 6.04 Å². The maximum absolute atomic E-state index is 12.9. The normalized spacial score (nSPS) is 13.2. The zero-order valence-electron chi connectivity index (χ0n) is 16.1. The van der Waals surface area contributed by atoms with Crippen LogP contribution < -0.4 is 16.7 Å². The third-order valence-corrected chi connectivity index (χ3v) is 4.39. The number of carbonyl (C=O) groups excluding carboxylic acids is 2. The SMILES string of the molecule is CC(C)CCn1c(=O)n(C(=O)N[C@H](C(N)=O)C(C)(C)C)c2ccccc21. The van der Waals surface area contributed by atoms with E-state index in [1.165, 1.54) is 0 Å². The quantitative estimate of drug-likeness (QED) is 0.856. The summed E-state index contributed by atoms with van der Waals surface area (Å²) in [6, 6.07) is 5.60. The second kappa shape index (κ2) is 7.35. The van der Waals surface area contributed by atoms with E-state index >= 15 is 0 Å². The first kappa shape index (κ1) is 19.8. The summed E-state index contributed by atoms with van der Waals surface area (Å²) in [4.78, 5) is 37.5. The standard InChI is InChI=1S/C19H28N4O3/c1-12(2)10-11-22-13-8-6-7-9-14(13)23(18(22)26)17(25)21-15(16(20)24)19(3,4)5/h6-9,12,15H,10-11H2,1-5H3,(H2,20,24)(H,21,25)/t15-/m1/s1. The van der Waals surface area contributed by atoms with E-state index in [1.54, 1.807) is 37.5 Å². The van der Waals surface area contributed by atoms with E-state index in [0.29, 0.717) is 23.5 Å². The molecule has 1 aromatic heterocycles.